The van der Waals surface area contributed by atoms with Gasteiger partial charge in [0.05, 0.1) is 0 Å². The first kappa shape index (κ1) is 90.0. The van der Waals surface area contributed by atoms with E-state index in [0.717, 1.165) is 0 Å². The Balaban J connectivity index is 0. The Labute approximate surface area is 87.2 Å². The molecule has 6 heteroatoms. The number of rotatable bonds is 0. The van der Waals surface area contributed by atoms with Gasteiger partial charge in [-0.2, -0.15) is 0 Å². The molecule has 0 aromatic rings. The third kappa shape index (κ3) is 35.3. The molecule has 0 N–H and O–H groups in total. The van der Waals surface area contributed by atoms with Gasteiger partial charge in [-0.25, -0.2) is 0 Å². The third-order valence-corrected chi connectivity index (χ3v) is 0. The molecule has 0 aliphatic carbocycles. The predicted molar refractivity (Wildman–Crippen MR) is 21.6 cm³/mol. The van der Waals surface area contributed by atoms with Crippen molar-refractivity contribution < 1.29 is 32.7 Å². The van der Waals surface area contributed by atoms with E-state index < -0.39 is 0 Å². The summed E-state index contributed by atoms with van der Waals surface area (Å²) in [5.74, 6) is 0. The van der Waals surface area contributed by atoms with Crippen LogP contribution in [-0.2, 0) is 32.7 Å². The molecule has 0 heterocycles. The second-order valence-electron chi connectivity index (χ2n) is 0. The molecule has 0 aromatic carbocycles. The first-order valence-electron chi connectivity index (χ1n) is 0. The maximum atomic E-state index is 0. The van der Waals surface area contributed by atoms with E-state index in [4.69, 9.17) is 0 Å². The van der Waals surface area contributed by atoms with E-state index in [0.29, 0.717) is 0 Å². The van der Waals surface area contributed by atoms with Crippen LogP contribution in [0.4, 0.5) is 0 Å². The second-order valence-corrected chi connectivity index (χ2v) is 0. The summed E-state index contributed by atoms with van der Waals surface area (Å²) >= 11 is 0. The molecule has 0 bridgehead atoms. The first-order chi connectivity index (χ1) is 0. The standard InChI is InChI=1S/Al.Ga.3N.Y/q2*+3;3*-3;+3. The Morgan fingerprint density at radius 3 is 0.667 bits per heavy atom. The summed E-state index contributed by atoms with van der Waals surface area (Å²) in [4.78, 5) is 0. The monoisotopic (exact) mass is 227 g/mol. The van der Waals surface area contributed by atoms with Crippen molar-refractivity contribution in [3.05, 3.63) is 18.5 Å². The Bertz CT molecular complexity index is 10.8. The SMILES string of the molecule is [Al+3].[Ga+3].[N-3].[N-3].[N-3].[Y+3]. The van der Waals surface area contributed by atoms with Crippen molar-refractivity contribution in [3.63, 3.8) is 0 Å². The van der Waals surface area contributed by atoms with Gasteiger partial charge in [0.25, 0.3) is 0 Å². The molecule has 0 amide bonds. The molecule has 0 atom stereocenters. The molecule has 0 radical (unpaired) electrons. The van der Waals surface area contributed by atoms with Crippen molar-refractivity contribution in [1.82, 2.24) is 0 Å². The molecular formula is AlGaN3Y. The van der Waals surface area contributed by atoms with Gasteiger partial charge in [-0.05, 0) is 0 Å². The van der Waals surface area contributed by atoms with Crippen molar-refractivity contribution in [1.29, 1.82) is 0 Å². The van der Waals surface area contributed by atoms with Crippen LogP contribution in [0, 0.1) is 0 Å². The maximum absolute atomic E-state index is 0. The van der Waals surface area contributed by atoms with Crippen LogP contribution in [0.25, 0.3) is 18.5 Å². The van der Waals surface area contributed by atoms with E-state index in [1.807, 2.05) is 0 Å². The maximum Gasteiger partial charge on any atom is 3.00 e. The molecule has 0 spiro atoms. The smallest absolute Gasteiger partial charge is 3.00 e. The van der Waals surface area contributed by atoms with E-state index in [9.17, 15) is 0 Å². The van der Waals surface area contributed by atoms with Crippen LogP contribution in [0.3, 0.4) is 0 Å². The van der Waals surface area contributed by atoms with Crippen LogP contribution in [0.5, 0.6) is 0 Å². The largest absolute Gasteiger partial charge is 3.00 e. The first-order valence-corrected chi connectivity index (χ1v) is 0. The number of hydrogen-bond donors (Lipinski definition) is 0. The van der Waals surface area contributed by atoms with Crippen LogP contribution in [-0.4, -0.2) is 37.2 Å². The fraction of sp³-hybridized carbons (Fsp3) is 0. The van der Waals surface area contributed by atoms with Gasteiger partial charge in [-0.15, -0.1) is 0 Å². The van der Waals surface area contributed by atoms with Crippen LogP contribution >= 0.6 is 0 Å². The van der Waals surface area contributed by atoms with Crippen molar-refractivity contribution in [2.24, 2.45) is 0 Å². The fourth-order valence-corrected chi connectivity index (χ4v) is 0. The molecule has 0 fully saturated rings. The number of nitrogens with zero attached hydrogens (tertiary/aromatic N) is 3. The number of hydrogen-bond acceptors (Lipinski definition) is 0. The zero-order valence-corrected chi connectivity index (χ0v) is 9.49. The third-order valence-electron chi connectivity index (χ3n) is 0. The van der Waals surface area contributed by atoms with Crippen LogP contribution in [0.2, 0.25) is 0 Å². The van der Waals surface area contributed by atoms with Gasteiger partial charge < -0.3 is 18.5 Å². The molecule has 0 aromatic heterocycles. The predicted octanol–water partition coefficient (Wildman–Crippen LogP) is 0.102. The molecule has 0 unspecified atom stereocenters. The summed E-state index contributed by atoms with van der Waals surface area (Å²) in [5.41, 5.74) is 0. The summed E-state index contributed by atoms with van der Waals surface area (Å²) in [6.45, 7) is 0. The summed E-state index contributed by atoms with van der Waals surface area (Å²) in [6, 6.07) is 0. The van der Waals surface area contributed by atoms with Crippen molar-refractivity contribution in [2.75, 3.05) is 0 Å². The molecule has 0 rings (SSSR count). The van der Waals surface area contributed by atoms with Crippen LogP contribution in [0.1, 0.15) is 0 Å². The Hall–Kier alpha value is 2.15. The molecule has 0 saturated carbocycles. The average Bonchev–Trinajstić information content (AvgIpc) is 0. The topological polar surface area (TPSA) is 91.5 Å². The van der Waals surface area contributed by atoms with Crippen molar-refractivity contribution in [3.8, 4) is 0 Å². The Morgan fingerprint density at radius 1 is 0.667 bits per heavy atom. The van der Waals surface area contributed by atoms with Gasteiger partial charge in [0.2, 0.25) is 0 Å². The summed E-state index contributed by atoms with van der Waals surface area (Å²) in [6.07, 6.45) is 0. The molecule has 3 nitrogen and oxygen atoms in total. The quantitative estimate of drug-likeness (QED) is 0.525. The zero-order chi connectivity index (χ0) is 0. The molecule has 24 valence electrons. The minimum Gasteiger partial charge on any atom is -3.00 e. The van der Waals surface area contributed by atoms with Gasteiger partial charge in [0.15, 0.2) is 0 Å². The van der Waals surface area contributed by atoms with E-state index in [2.05, 4.69) is 0 Å². The van der Waals surface area contributed by atoms with Gasteiger partial charge in [0.1, 0.15) is 0 Å². The van der Waals surface area contributed by atoms with Crippen LogP contribution < -0.4 is 0 Å². The molecule has 0 aliphatic rings. The van der Waals surface area contributed by atoms with Crippen molar-refractivity contribution >= 4 is 37.2 Å². The Morgan fingerprint density at radius 2 is 0.667 bits per heavy atom. The van der Waals surface area contributed by atoms with E-state index in [1.165, 1.54) is 0 Å². The summed E-state index contributed by atoms with van der Waals surface area (Å²) < 4.78 is 0. The van der Waals surface area contributed by atoms with E-state index >= 15 is 0 Å². The average molecular weight is 228 g/mol. The normalized spacial score (nSPS) is 0. The molecular weight excluding hydrogens is 228 g/mol. The van der Waals surface area contributed by atoms with E-state index in [1.54, 1.807) is 0 Å². The van der Waals surface area contributed by atoms with Gasteiger partial charge in [-0.1, -0.05) is 0 Å². The minimum atomic E-state index is 0. The molecule has 6 heavy (non-hydrogen) atoms. The molecule has 0 aliphatic heterocycles. The summed E-state index contributed by atoms with van der Waals surface area (Å²) in [7, 11) is 0. The fourth-order valence-electron chi connectivity index (χ4n) is 0. The molecule has 0 saturated heterocycles. The summed E-state index contributed by atoms with van der Waals surface area (Å²) in [5, 5.41) is 0. The Kier molecular flexibility index (Phi) is 876. The second kappa shape index (κ2) is 58.4. The van der Waals surface area contributed by atoms with Crippen molar-refractivity contribution in [2.45, 2.75) is 0 Å². The van der Waals surface area contributed by atoms with Gasteiger partial charge >= 0.3 is 69.9 Å². The van der Waals surface area contributed by atoms with Crippen LogP contribution in [0.15, 0.2) is 0 Å². The van der Waals surface area contributed by atoms with Gasteiger partial charge in [-0.3, -0.25) is 0 Å². The minimum absolute atomic E-state index is 0. The van der Waals surface area contributed by atoms with E-state index in [-0.39, 0.29) is 88.3 Å². The van der Waals surface area contributed by atoms with Gasteiger partial charge in [0, 0.05) is 0 Å². The zero-order valence-electron chi connectivity index (χ0n) is 3.07.